The summed E-state index contributed by atoms with van der Waals surface area (Å²) in [4.78, 5) is 22.8. The first-order valence-corrected chi connectivity index (χ1v) is 7.49. The van der Waals surface area contributed by atoms with Crippen molar-refractivity contribution in [3.63, 3.8) is 0 Å². The summed E-state index contributed by atoms with van der Waals surface area (Å²) in [5, 5.41) is 8.50. The SMILES string of the molecule is CC(=O)Nc1ccc(NCC(=O)Nc2ccc(Br)cc2)cc1. The fourth-order valence-corrected chi connectivity index (χ4v) is 2.06. The van der Waals surface area contributed by atoms with E-state index in [0.717, 1.165) is 21.5 Å². The molecule has 2 aromatic rings. The third-order valence-electron chi connectivity index (χ3n) is 2.79. The van der Waals surface area contributed by atoms with E-state index in [2.05, 4.69) is 31.9 Å². The van der Waals surface area contributed by atoms with Gasteiger partial charge in [-0.05, 0) is 48.5 Å². The molecule has 0 atom stereocenters. The van der Waals surface area contributed by atoms with E-state index in [1.165, 1.54) is 6.92 Å². The minimum Gasteiger partial charge on any atom is -0.376 e. The summed E-state index contributed by atoms with van der Waals surface area (Å²) < 4.78 is 0.961. The Hall–Kier alpha value is -2.34. The average molecular weight is 362 g/mol. The number of hydrogen-bond donors (Lipinski definition) is 3. The number of nitrogens with one attached hydrogen (secondary N) is 3. The van der Waals surface area contributed by atoms with E-state index in [4.69, 9.17) is 0 Å². The van der Waals surface area contributed by atoms with Gasteiger partial charge in [0.15, 0.2) is 0 Å². The predicted octanol–water partition coefficient (Wildman–Crippen LogP) is 3.46. The first-order chi connectivity index (χ1) is 10.5. The molecule has 0 aliphatic rings. The molecule has 0 radical (unpaired) electrons. The number of hydrogen-bond acceptors (Lipinski definition) is 3. The summed E-state index contributed by atoms with van der Waals surface area (Å²) in [5.41, 5.74) is 2.27. The van der Waals surface area contributed by atoms with Gasteiger partial charge in [-0.3, -0.25) is 9.59 Å². The van der Waals surface area contributed by atoms with Crippen LogP contribution in [-0.4, -0.2) is 18.4 Å². The van der Waals surface area contributed by atoms with Gasteiger partial charge in [0.25, 0.3) is 0 Å². The van der Waals surface area contributed by atoms with Gasteiger partial charge >= 0.3 is 0 Å². The molecule has 0 aromatic heterocycles. The molecular formula is C16H16BrN3O2. The van der Waals surface area contributed by atoms with E-state index in [-0.39, 0.29) is 18.4 Å². The summed E-state index contributed by atoms with van der Waals surface area (Å²) in [6, 6.07) is 14.5. The Morgan fingerprint density at radius 1 is 0.864 bits per heavy atom. The van der Waals surface area contributed by atoms with Crippen LogP contribution in [0.3, 0.4) is 0 Å². The number of benzene rings is 2. The summed E-state index contributed by atoms with van der Waals surface area (Å²) in [6.45, 7) is 1.62. The van der Waals surface area contributed by atoms with Gasteiger partial charge in [-0.15, -0.1) is 0 Å². The topological polar surface area (TPSA) is 70.2 Å². The molecule has 0 aliphatic heterocycles. The molecule has 0 spiro atoms. The predicted molar refractivity (Wildman–Crippen MR) is 92.0 cm³/mol. The summed E-state index contributed by atoms with van der Waals surface area (Å²) >= 11 is 3.34. The van der Waals surface area contributed by atoms with Crippen LogP contribution < -0.4 is 16.0 Å². The highest BCUT2D eigenvalue weighted by molar-refractivity contribution is 9.10. The molecule has 114 valence electrons. The molecule has 2 rings (SSSR count). The van der Waals surface area contributed by atoms with Crippen LogP contribution in [0.1, 0.15) is 6.92 Å². The molecule has 0 saturated carbocycles. The van der Waals surface area contributed by atoms with Gasteiger partial charge in [0, 0.05) is 28.5 Å². The first kappa shape index (κ1) is 16.0. The summed E-state index contributed by atoms with van der Waals surface area (Å²) in [7, 11) is 0. The molecule has 5 nitrogen and oxygen atoms in total. The quantitative estimate of drug-likeness (QED) is 0.763. The molecule has 6 heteroatoms. The second-order valence-corrected chi connectivity index (χ2v) is 5.58. The summed E-state index contributed by atoms with van der Waals surface area (Å²) in [6.07, 6.45) is 0. The summed E-state index contributed by atoms with van der Waals surface area (Å²) in [5.74, 6) is -0.247. The Morgan fingerprint density at radius 2 is 1.36 bits per heavy atom. The number of halogens is 1. The van der Waals surface area contributed by atoms with Crippen molar-refractivity contribution in [2.24, 2.45) is 0 Å². The fourth-order valence-electron chi connectivity index (χ4n) is 1.80. The van der Waals surface area contributed by atoms with Crippen molar-refractivity contribution in [2.75, 3.05) is 22.5 Å². The van der Waals surface area contributed by atoms with Gasteiger partial charge in [-0.25, -0.2) is 0 Å². The minimum absolute atomic E-state index is 0.116. The van der Waals surface area contributed by atoms with Crippen molar-refractivity contribution in [1.29, 1.82) is 0 Å². The molecule has 0 heterocycles. The van der Waals surface area contributed by atoms with Gasteiger partial charge in [-0.2, -0.15) is 0 Å². The van der Waals surface area contributed by atoms with Crippen molar-refractivity contribution < 1.29 is 9.59 Å². The smallest absolute Gasteiger partial charge is 0.243 e. The third kappa shape index (κ3) is 5.21. The van der Waals surface area contributed by atoms with Gasteiger partial charge in [-0.1, -0.05) is 15.9 Å². The Labute approximate surface area is 137 Å². The lowest BCUT2D eigenvalue weighted by atomic mass is 10.2. The molecule has 0 bridgehead atoms. The number of amides is 2. The third-order valence-corrected chi connectivity index (χ3v) is 3.31. The molecule has 0 unspecified atom stereocenters. The van der Waals surface area contributed by atoms with E-state index in [0.29, 0.717) is 0 Å². The number of rotatable bonds is 5. The largest absolute Gasteiger partial charge is 0.376 e. The monoisotopic (exact) mass is 361 g/mol. The molecule has 3 N–H and O–H groups in total. The van der Waals surface area contributed by atoms with Crippen LogP contribution in [0.5, 0.6) is 0 Å². The maximum Gasteiger partial charge on any atom is 0.243 e. The molecule has 0 saturated heterocycles. The molecule has 22 heavy (non-hydrogen) atoms. The zero-order chi connectivity index (χ0) is 15.9. The number of carbonyl (C=O) groups excluding carboxylic acids is 2. The molecule has 2 aromatic carbocycles. The maximum atomic E-state index is 11.8. The Bertz CT molecular complexity index is 654. The van der Waals surface area contributed by atoms with Crippen molar-refractivity contribution in [2.45, 2.75) is 6.92 Å². The van der Waals surface area contributed by atoms with Crippen LogP contribution in [0, 0.1) is 0 Å². The lowest BCUT2D eigenvalue weighted by Crippen LogP contribution is -2.21. The van der Waals surface area contributed by atoms with Crippen LogP contribution in [0.4, 0.5) is 17.1 Å². The van der Waals surface area contributed by atoms with Crippen LogP contribution in [0.15, 0.2) is 53.0 Å². The van der Waals surface area contributed by atoms with Crippen LogP contribution in [0.2, 0.25) is 0 Å². The van der Waals surface area contributed by atoms with Gasteiger partial charge in [0.05, 0.1) is 6.54 Å². The van der Waals surface area contributed by atoms with Crippen LogP contribution in [-0.2, 0) is 9.59 Å². The van der Waals surface area contributed by atoms with Gasteiger partial charge < -0.3 is 16.0 Å². The lowest BCUT2D eigenvalue weighted by Gasteiger charge is -2.09. The number of carbonyl (C=O) groups is 2. The standard InChI is InChI=1S/C16H16BrN3O2/c1-11(21)19-14-8-6-13(7-9-14)18-10-16(22)20-15-4-2-12(17)3-5-15/h2-9,18H,10H2,1H3,(H,19,21)(H,20,22). The van der Waals surface area contributed by atoms with E-state index in [1.54, 1.807) is 24.3 Å². The van der Waals surface area contributed by atoms with Crippen LogP contribution in [0.25, 0.3) is 0 Å². The highest BCUT2D eigenvalue weighted by Gasteiger charge is 2.02. The normalized spacial score (nSPS) is 9.91. The zero-order valence-corrected chi connectivity index (χ0v) is 13.6. The molecular weight excluding hydrogens is 346 g/mol. The maximum absolute atomic E-state index is 11.8. The van der Waals surface area contributed by atoms with Crippen molar-refractivity contribution in [3.8, 4) is 0 Å². The first-order valence-electron chi connectivity index (χ1n) is 6.70. The van der Waals surface area contributed by atoms with Gasteiger partial charge in [0.2, 0.25) is 11.8 Å². The second kappa shape index (κ2) is 7.61. The fraction of sp³-hybridized carbons (Fsp3) is 0.125. The zero-order valence-electron chi connectivity index (χ0n) is 12.0. The van der Waals surface area contributed by atoms with E-state index in [9.17, 15) is 9.59 Å². The number of anilines is 3. The van der Waals surface area contributed by atoms with E-state index >= 15 is 0 Å². The van der Waals surface area contributed by atoms with Gasteiger partial charge in [0.1, 0.15) is 0 Å². The highest BCUT2D eigenvalue weighted by atomic mass is 79.9. The molecule has 0 fully saturated rings. The Morgan fingerprint density at radius 3 is 1.95 bits per heavy atom. The van der Waals surface area contributed by atoms with E-state index < -0.39 is 0 Å². The average Bonchev–Trinajstić information content (AvgIpc) is 2.48. The Kier molecular flexibility index (Phi) is 5.55. The van der Waals surface area contributed by atoms with Crippen LogP contribution >= 0.6 is 15.9 Å². The molecule has 2 amide bonds. The lowest BCUT2D eigenvalue weighted by molar-refractivity contribution is -0.115. The van der Waals surface area contributed by atoms with Crippen molar-refractivity contribution in [1.82, 2.24) is 0 Å². The minimum atomic E-state index is -0.131. The second-order valence-electron chi connectivity index (χ2n) is 4.67. The van der Waals surface area contributed by atoms with Crippen molar-refractivity contribution >= 4 is 44.8 Å². The highest BCUT2D eigenvalue weighted by Crippen LogP contribution is 2.15. The molecule has 0 aliphatic carbocycles. The Balaban J connectivity index is 1.83. The van der Waals surface area contributed by atoms with E-state index in [1.807, 2.05) is 24.3 Å². The van der Waals surface area contributed by atoms with Crippen molar-refractivity contribution in [3.05, 3.63) is 53.0 Å².